The zero-order chi connectivity index (χ0) is 22.9. The minimum atomic E-state index is -0.0566. The van der Waals surface area contributed by atoms with Crippen LogP contribution in [0.15, 0.2) is 36.9 Å². The quantitative estimate of drug-likeness (QED) is 0.258. The lowest BCUT2D eigenvalue weighted by molar-refractivity contribution is -0.125. The lowest BCUT2D eigenvalue weighted by atomic mass is 9.87. The molecule has 0 fully saturated rings. The van der Waals surface area contributed by atoms with E-state index in [4.69, 9.17) is 11.1 Å². The first kappa shape index (κ1) is 21.1. The van der Waals surface area contributed by atoms with E-state index in [1.165, 1.54) is 16.7 Å². The van der Waals surface area contributed by atoms with Gasteiger partial charge in [-0.25, -0.2) is 9.97 Å². The number of thiophene rings is 1. The Balaban J connectivity index is 1.36. The van der Waals surface area contributed by atoms with Crippen LogP contribution in [0.2, 0.25) is 0 Å². The molecule has 5 N–H and O–H groups in total. The maximum absolute atomic E-state index is 12.8. The van der Waals surface area contributed by atoms with E-state index in [2.05, 4.69) is 25.7 Å². The molecule has 168 valence electrons. The molecule has 4 aromatic rings. The number of aryl methyl sites for hydroxylation is 2. The summed E-state index contributed by atoms with van der Waals surface area (Å²) in [6.07, 6.45) is 8.76. The molecule has 5 rings (SSSR count). The molecule has 0 saturated carbocycles. The molecule has 0 radical (unpaired) electrons. The van der Waals surface area contributed by atoms with Gasteiger partial charge in [0.2, 0.25) is 5.91 Å². The van der Waals surface area contributed by atoms with Crippen LogP contribution in [0.4, 0.5) is 17.2 Å². The second kappa shape index (κ2) is 8.62. The lowest BCUT2D eigenvalue weighted by Crippen LogP contribution is -2.33. The van der Waals surface area contributed by atoms with Gasteiger partial charge in [0.15, 0.2) is 0 Å². The first-order chi connectivity index (χ1) is 16.0. The number of hydrogen-bond donors (Lipinski definition) is 4. The van der Waals surface area contributed by atoms with Crippen LogP contribution < -0.4 is 16.4 Å². The third kappa shape index (κ3) is 4.17. The summed E-state index contributed by atoms with van der Waals surface area (Å²) < 4.78 is 1.73. The van der Waals surface area contributed by atoms with Crippen molar-refractivity contribution in [2.75, 3.05) is 11.1 Å². The zero-order valence-electron chi connectivity index (χ0n) is 18.1. The van der Waals surface area contributed by atoms with E-state index < -0.39 is 0 Å². The number of carbonyl (C=O) groups is 1. The summed E-state index contributed by atoms with van der Waals surface area (Å²) in [5.41, 5.74) is 10.1. The highest BCUT2D eigenvalue weighted by Gasteiger charge is 2.29. The smallest absolute Gasteiger partial charge is 0.223 e. The fourth-order valence-corrected chi connectivity index (χ4v) is 5.51. The van der Waals surface area contributed by atoms with E-state index in [1.807, 2.05) is 25.4 Å². The Morgan fingerprint density at radius 1 is 1.39 bits per heavy atom. The van der Waals surface area contributed by atoms with Gasteiger partial charge in [-0.3, -0.25) is 9.48 Å². The Morgan fingerprint density at radius 2 is 2.27 bits per heavy atom. The van der Waals surface area contributed by atoms with Crippen molar-refractivity contribution in [2.45, 2.75) is 25.8 Å². The molecule has 1 aromatic carbocycles. The topological polar surface area (TPSA) is 135 Å². The molecule has 1 aliphatic carbocycles. The van der Waals surface area contributed by atoms with E-state index in [9.17, 15) is 4.79 Å². The van der Waals surface area contributed by atoms with E-state index in [-0.39, 0.29) is 11.8 Å². The molecular formula is C23H24N8OS. The Bertz CT molecular complexity index is 1360. The van der Waals surface area contributed by atoms with Crippen LogP contribution in [-0.2, 0) is 31.2 Å². The van der Waals surface area contributed by atoms with Crippen molar-refractivity contribution in [1.29, 1.82) is 5.41 Å². The molecule has 0 spiro atoms. The number of hydrogen-bond acceptors (Lipinski definition) is 8. The number of benzene rings is 1. The number of fused-ring (bicyclic) bond motifs is 3. The van der Waals surface area contributed by atoms with E-state index in [0.717, 1.165) is 40.1 Å². The van der Waals surface area contributed by atoms with Gasteiger partial charge in [-0.15, -0.1) is 11.3 Å². The Kier molecular flexibility index (Phi) is 5.51. The number of aromatic nitrogens is 4. The molecule has 33 heavy (non-hydrogen) atoms. The average Bonchev–Trinajstić information content (AvgIpc) is 3.41. The summed E-state index contributed by atoms with van der Waals surface area (Å²) in [6.45, 7) is 0.487. The molecule has 3 aromatic heterocycles. The number of nitrogens with zero attached hydrogens (tertiary/aromatic N) is 4. The van der Waals surface area contributed by atoms with Gasteiger partial charge in [0, 0.05) is 59.3 Å². The number of amides is 1. The Labute approximate surface area is 194 Å². The SMILES string of the molecule is Cn1cc(CNC(=O)C2CCc3c(sc4ncnc(Nc5ccc(N)c(C=N)c5)c34)C2)cn1. The molecule has 0 aliphatic heterocycles. The van der Waals surface area contributed by atoms with Gasteiger partial charge in [-0.2, -0.15) is 5.10 Å². The minimum absolute atomic E-state index is 0.0566. The first-order valence-electron chi connectivity index (χ1n) is 10.7. The predicted molar refractivity (Wildman–Crippen MR) is 130 cm³/mol. The molecular weight excluding hydrogens is 436 g/mol. The highest BCUT2D eigenvalue weighted by molar-refractivity contribution is 7.19. The van der Waals surface area contributed by atoms with Crippen LogP contribution in [-0.4, -0.2) is 31.9 Å². The first-order valence-corrected chi connectivity index (χ1v) is 11.5. The van der Waals surface area contributed by atoms with Crippen molar-refractivity contribution in [1.82, 2.24) is 25.1 Å². The zero-order valence-corrected chi connectivity index (χ0v) is 18.9. The van der Waals surface area contributed by atoms with Crippen molar-refractivity contribution in [3.05, 3.63) is 58.5 Å². The normalized spacial score (nSPS) is 15.2. The maximum Gasteiger partial charge on any atom is 0.223 e. The molecule has 10 heteroatoms. The second-order valence-corrected chi connectivity index (χ2v) is 9.28. The Hall–Kier alpha value is -3.79. The Morgan fingerprint density at radius 3 is 3.06 bits per heavy atom. The fraction of sp³-hybridized carbons (Fsp3) is 0.261. The van der Waals surface area contributed by atoms with Crippen LogP contribution >= 0.6 is 11.3 Å². The van der Waals surface area contributed by atoms with Gasteiger partial charge in [-0.05, 0) is 43.0 Å². The second-order valence-electron chi connectivity index (χ2n) is 8.20. The lowest BCUT2D eigenvalue weighted by Gasteiger charge is -2.21. The molecule has 1 unspecified atom stereocenters. The number of rotatable bonds is 6. The summed E-state index contributed by atoms with van der Waals surface area (Å²) in [4.78, 5) is 23.9. The molecule has 3 heterocycles. The number of anilines is 3. The van der Waals surface area contributed by atoms with Gasteiger partial charge in [0.25, 0.3) is 0 Å². The molecule has 1 amide bonds. The summed E-state index contributed by atoms with van der Waals surface area (Å²) in [5.74, 6) is 0.754. The molecule has 1 aliphatic rings. The molecule has 9 nitrogen and oxygen atoms in total. The predicted octanol–water partition coefficient (Wildman–Crippen LogP) is 3.17. The van der Waals surface area contributed by atoms with Gasteiger partial charge in [-0.1, -0.05) is 0 Å². The number of nitrogen functional groups attached to an aromatic ring is 1. The maximum atomic E-state index is 12.8. The van der Waals surface area contributed by atoms with Gasteiger partial charge in [0.1, 0.15) is 17.0 Å². The van der Waals surface area contributed by atoms with Crippen LogP contribution in [0.5, 0.6) is 0 Å². The van der Waals surface area contributed by atoms with E-state index in [1.54, 1.807) is 34.6 Å². The van der Waals surface area contributed by atoms with Gasteiger partial charge in [0.05, 0.1) is 11.6 Å². The number of nitrogens with one attached hydrogen (secondary N) is 3. The largest absolute Gasteiger partial charge is 0.398 e. The van der Waals surface area contributed by atoms with Gasteiger partial charge >= 0.3 is 0 Å². The number of carbonyl (C=O) groups excluding carboxylic acids is 1. The van der Waals surface area contributed by atoms with Crippen molar-refractivity contribution < 1.29 is 4.79 Å². The van der Waals surface area contributed by atoms with E-state index >= 15 is 0 Å². The monoisotopic (exact) mass is 460 g/mol. The molecule has 1 atom stereocenters. The number of nitrogens with two attached hydrogens (primary N) is 1. The van der Waals surface area contributed by atoms with Crippen LogP contribution in [0.25, 0.3) is 10.2 Å². The molecule has 0 bridgehead atoms. The van der Waals surface area contributed by atoms with Gasteiger partial charge < -0.3 is 21.8 Å². The summed E-state index contributed by atoms with van der Waals surface area (Å²) >= 11 is 1.63. The van der Waals surface area contributed by atoms with Crippen LogP contribution in [0.3, 0.4) is 0 Å². The fourth-order valence-electron chi connectivity index (χ4n) is 4.24. The minimum Gasteiger partial charge on any atom is -0.398 e. The van der Waals surface area contributed by atoms with E-state index in [0.29, 0.717) is 24.2 Å². The average molecular weight is 461 g/mol. The standard InChI is InChI=1S/C23H24N8OS/c1-31-11-13(10-29-31)9-26-22(32)14-2-4-17-19(7-14)33-23-20(17)21(27-12-28-23)30-16-3-5-18(25)15(6-16)8-24/h3,5-6,8,10-12,14,24H,2,4,7,9,25H2,1H3,(H,26,32)(H,27,28,30). The van der Waals surface area contributed by atoms with Crippen LogP contribution in [0.1, 0.15) is 28.0 Å². The third-order valence-corrected chi connectivity index (χ3v) is 7.11. The van der Waals surface area contributed by atoms with Crippen molar-refractivity contribution in [3.63, 3.8) is 0 Å². The third-order valence-electron chi connectivity index (χ3n) is 5.95. The summed E-state index contributed by atoms with van der Waals surface area (Å²) in [5, 5.41) is 19.1. The van der Waals surface area contributed by atoms with Crippen molar-refractivity contribution in [2.24, 2.45) is 13.0 Å². The highest BCUT2D eigenvalue weighted by atomic mass is 32.1. The highest BCUT2D eigenvalue weighted by Crippen LogP contribution is 2.40. The molecule has 0 saturated heterocycles. The van der Waals surface area contributed by atoms with Crippen LogP contribution in [0, 0.1) is 11.3 Å². The summed E-state index contributed by atoms with van der Waals surface area (Å²) in [6, 6.07) is 5.48. The van der Waals surface area contributed by atoms with Crippen molar-refractivity contribution in [3.8, 4) is 0 Å². The van der Waals surface area contributed by atoms with Crippen molar-refractivity contribution >= 4 is 50.9 Å². The summed E-state index contributed by atoms with van der Waals surface area (Å²) in [7, 11) is 1.86.